The van der Waals surface area contributed by atoms with Gasteiger partial charge in [0.15, 0.2) is 0 Å². The fraction of sp³-hybridized carbons (Fsp3) is 0.458. The van der Waals surface area contributed by atoms with Crippen LogP contribution in [-0.2, 0) is 11.0 Å². The monoisotopic (exact) mass is 442 g/mol. The molecule has 0 radical (unpaired) electrons. The second kappa shape index (κ2) is 8.12. The quantitative estimate of drug-likeness (QED) is 0.681. The van der Waals surface area contributed by atoms with Crippen molar-refractivity contribution >= 4 is 17.4 Å². The van der Waals surface area contributed by atoms with Crippen LogP contribution in [0.5, 0.6) is 0 Å². The zero-order valence-corrected chi connectivity index (χ0v) is 18.3. The van der Waals surface area contributed by atoms with Gasteiger partial charge in [0.25, 0.3) is 0 Å². The summed E-state index contributed by atoms with van der Waals surface area (Å²) in [5, 5.41) is 9.65. The van der Waals surface area contributed by atoms with Gasteiger partial charge in [0.2, 0.25) is 5.91 Å². The lowest BCUT2D eigenvalue weighted by molar-refractivity contribution is -0.137. The highest BCUT2D eigenvalue weighted by atomic mass is 19.4. The highest BCUT2D eigenvalue weighted by Gasteiger charge is 2.50. The molecule has 1 aliphatic carbocycles. The number of anilines is 2. The van der Waals surface area contributed by atoms with E-state index in [1.54, 1.807) is 22.9 Å². The highest BCUT2D eigenvalue weighted by Crippen LogP contribution is 2.46. The van der Waals surface area contributed by atoms with Crippen molar-refractivity contribution in [2.75, 3.05) is 23.4 Å². The number of carbonyl (C=O) groups is 1. The van der Waals surface area contributed by atoms with Crippen molar-refractivity contribution in [3.8, 4) is 6.07 Å². The molecule has 2 fully saturated rings. The number of benzene rings is 1. The normalized spacial score (nSPS) is 22.5. The number of pyridine rings is 1. The molecule has 2 aliphatic rings. The Morgan fingerprint density at radius 2 is 2.00 bits per heavy atom. The van der Waals surface area contributed by atoms with Crippen LogP contribution in [0.25, 0.3) is 0 Å². The van der Waals surface area contributed by atoms with E-state index in [-0.39, 0.29) is 29.3 Å². The molecule has 1 aliphatic heterocycles. The fourth-order valence-electron chi connectivity index (χ4n) is 5.20. The Hall–Kier alpha value is -3.08. The predicted octanol–water partition coefficient (Wildman–Crippen LogP) is 4.86. The standard InChI is InChI=1S/C24H25F3N4O/c1-14-6-4-8-17(10-14)30(3)23(32)21-18-9-5-7-16(18)13-31(21)22-19(12-28)20(24(25,26)27)11-15(2)29-22/h4,6,8,10-11,16,18,21H,5,7,9,13H2,1-3H3/t16?,18?,21-/m1/s1. The Kier molecular flexibility index (Phi) is 5.61. The third-order valence-corrected chi connectivity index (χ3v) is 6.68. The Balaban J connectivity index is 1.80. The van der Waals surface area contributed by atoms with Gasteiger partial charge in [0.05, 0.1) is 5.56 Å². The van der Waals surface area contributed by atoms with Crippen LogP contribution in [0.2, 0.25) is 0 Å². The van der Waals surface area contributed by atoms with Crippen LogP contribution in [0.1, 0.15) is 41.6 Å². The third-order valence-electron chi connectivity index (χ3n) is 6.68. The molecule has 4 rings (SSSR count). The maximum absolute atomic E-state index is 13.7. The average Bonchev–Trinajstić information content (AvgIpc) is 3.32. The number of fused-ring (bicyclic) bond motifs is 1. The molecule has 1 aromatic carbocycles. The van der Waals surface area contributed by atoms with Crippen molar-refractivity contribution in [3.05, 3.63) is 52.7 Å². The van der Waals surface area contributed by atoms with Crippen molar-refractivity contribution in [2.24, 2.45) is 11.8 Å². The lowest BCUT2D eigenvalue weighted by Crippen LogP contribution is -2.48. The van der Waals surface area contributed by atoms with Crippen LogP contribution >= 0.6 is 0 Å². The van der Waals surface area contributed by atoms with E-state index < -0.39 is 23.3 Å². The molecule has 168 valence electrons. The van der Waals surface area contributed by atoms with Gasteiger partial charge in [-0.25, -0.2) is 4.98 Å². The van der Waals surface area contributed by atoms with E-state index in [0.29, 0.717) is 6.54 Å². The topological polar surface area (TPSA) is 60.2 Å². The molecule has 8 heteroatoms. The van der Waals surface area contributed by atoms with E-state index in [1.165, 1.54) is 6.92 Å². The SMILES string of the molecule is Cc1cccc(N(C)C(=O)[C@H]2C3CCCC3CN2c2nc(C)cc(C(F)(F)F)c2C#N)c1. The first kappa shape index (κ1) is 22.1. The second-order valence-electron chi connectivity index (χ2n) is 8.81. The number of hydrogen-bond donors (Lipinski definition) is 0. The lowest BCUT2D eigenvalue weighted by atomic mass is 9.93. The highest BCUT2D eigenvalue weighted by molar-refractivity contribution is 5.99. The molecule has 5 nitrogen and oxygen atoms in total. The fourth-order valence-corrected chi connectivity index (χ4v) is 5.20. The minimum Gasteiger partial charge on any atom is -0.343 e. The van der Waals surface area contributed by atoms with Crippen LogP contribution in [-0.4, -0.2) is 30.5 Å². The van der Waals surface area contributed by atoms with Gasteiger partial charge in [-0.1, -0.05) is 18.6 Å². The summed E-state index contributed by atoms with van der Waals surface area (Å²) in [5.41, 5.74) is 0.384. The van der Waals surface area contributed by atoms with E-state index in [0.717, 1.165) is 36.6 Å². The molecule has 1 aromatic heterocycles. The van der Waals surface area contributed by atoms with Crippen LogP contribution in [0.3, 0.4) is 0 Å². The summed E-state index contributed by atoms with van der Waals surface area (Å²) in [4.78, 5) is 21.3. The van der Waals surface area contributed by atoms with E-state index >= 15 is 0 Å². The number of amides is 1. The number of nitriles is 1. The number of carbonyl (C=O) groups excluding carboxylic acids is 1. The van der Waals surface area contributed by atoms with Gasteiger partial charge in [0, 0.05) is 25.0 Å². The zero-order valence-electron chi connectivity index (χ0n) is 18.3. The summed E-state index contributed by atoms with van der Waals surface area (Å²) >= 11 is 0. The van der Waals surface area contributed by atoms with Crippen LogP contribution < -0.4 is 9.80 Å². The summed E-state index contributed by atoms with van der Waals surface area (Å²) in [7, 11) is 1.69. The van der Waals surface area contributed by atoms with Gasteiger partial charge >= 0.3 is 6.18 Å². The average molecular weight is 442 g/mol. The van der Waals surface area contributed by atoms with E-state index in [9.17, 15) is 23.2 Å². The molecule has 0 spiro atoms. The van der Waals surface area contributed by atoms with Gasteiger partial charge in [-0.3, -0.25) is 4.79 Å². The predicted molar refractivity (Wildman–Crippen MR) is 115 cm³/mol. The number of nitrogens with zero attached hydrogens (tertiary/aromatic N) is 4. The molecular weight excluding hydrogens is 417 g/mol. The Labute approximate surface area is 185 Å². The van der Waals surface area contributed by atoms with Crippen LogP contribution in [0, 0.1) is 37.0 Å². The van der Waals surface area contributed by atoms with E-state index in [2.05, 4.69) is 4.98 Å². The first-order chi connectivity index (χ1) is 15.1. The van der Waals surface area contributed by atoms with Crippen LogP contribution in [0.4, 0.5) is 24.7 Å². The first-order valence-electron chi connectivity index (χ1n) is 10.7. The number of hydrogen-bond acceptors (Lipinski definition) is 4. The van der Waals surface area contributed by atoms with Crippen molar-refractivity contribution in [2.45, 2.75) is 45.3 Å². The van der Waals surface area contributed by atoms with Crippen molar-refractivity contribution in [3.63, 3.8) is 0 Å². The van der Waals surface area contributed by atoms with Crippen LogP contribution in [0.15, 0.2) is 30.3 Å². The lowest BCUT2D eigenvalue weighted by Gasteiger charge is -2.32. The molecular formula is C24H25F3N4O. The second-order valence-corrected chi connectivity index (χ2v) is 8.81. The summed E-state index contributed by atoms with van der Waals surface area (Å²) < 4.78 is 41.1. The molecule has 0 bridgehead atoms. The Morgan fingerprint density at radius 1 is 1.25 bits per heavy atom. The maximum Gasteiger partial charge on any atom is 0.417 e. The number of aryl methyl sites for hydroxylation is 2. The molecule has 2 heterocycles. The van der Waals surface area contributed by atoms with E-state index in [1.807, 2.05) is 31.2 Å². The number of alkyl halides is 3. The molecule has 2 aromatic rings. The Morgan fingerprint density at radius 3 is 2.66 bits per heavy atom. The number of rotatable bonds is 3. The van der Waals surface area contributed by atoms with E-state index in [4.69, 9.17) is 0 Å². The van der Waals surface area contributed by atoms with Gasteiger partial charge in [-0.2, -0.15) is 18.4 Å². The first-order valence-corrected chi connectivity index (χ1v) is 10.7. The smallest absolute Gasteiger partial charge is 0.343 e. The molecule has 0 N–H and O–H groups in total. The van der Waals surface area contributed by atoms with Crippen molar-refractivity contribution in [1.29, 1.82) is 5.26 Å². The largest absolute Gasteiger partial charge is 0.417 e. The minimum atomic E-state index is -4.68. The number of likely N-dealkylation sites (N-methyl/N-ethyl adjacent to an activating group) is 1. The van der Waals surface area contributed by atoms with Gasteiger partial charge in [-0.15, -0.1) is 0 Å². The summed E-state index contributed by atoms with van der Waals surface area (Å²) in [6, 6.07) is 9.50. The minimum absolute atomic E-state index is 0.0259. The summed E-state index contributed by atoms with van der Waals surface area (Å²) in [6.07, 6.45) is -1.94. The molecule has 1 saturated heterocycles. The van der Waals surface area contributed by atoms with Gasteiger partial charge in [0.1, 0.15) is 23.5 Å². The molecule has 3 atom stereocenters. The number of halogens is 3. The molecule has 1 amide bonds. The third kappa shape index (κ3) is 3.81. The molecule has 1 saturated carbocycles. The maximum atomic E-state index is 13.7. The zero-order chi connectivity index (χ0) is 23.2. The molecule has 32 heavy (non-hydrogen) atoms. The summed E-state index contributed by atoms with van der Waals surface area (Å²) in [5.74, 6) is -0.00743. The van der Waals surface area contributed by atoms with Crippen molar-refractivity contribution in [1.82, 2.24) is 4.98 Å². The number of aromatic nitrogens is 1. The Bertz CT molecular complexity index is 1090. The van der Waals surface area contributed by atoms with Gasteiger partial charge < -0.3 is 9.80 Å². The molecule has 2 unspecified atom stereocenters. The van der Waals surface area contributed by atoms with Crippen molar-refractivity contribution < 1.29 is 18.0 Å². The van der Waals surface area contributed by atoms with Gasteiger partial charge in [-0.05, 0) is 62.3 Å². The summed E-state index contributed by atoms with van der Waals surface area (Å²) in [6.45, 7) is 3.84.